The highest BCUT2D eigenvalue weighted by Gasteiger charge is 2.18. The van der Waals surface area contributed by atoms with Crippen LogP contribution in [-0.4, -0.2) is 55.1 Å². The highest BCUT2D eigenvalue weighted by atomic mass is 35.5. The van der Waals surface area contributed by atoms with Gasteiger partial charge in [0.25, 0.3) is 0 Å². The minimum Gasteiger partial charge on any atom is -0.396 e. The lowest BCUT2D eigenvalue weighted by atomic mass is 10.2. The van der Waals surface area contributed by atoms with Gasteiger partial charge in [-0.2, -0.15) is 0 Å². The zero-order valence-corrected chi connectivity index (χ0v) is 15.9. The Hall–Kier alpha value is -0.420. The van der Waals surface area contributed by atoms with E-state index in [1.165, 1.54) is 43.1 Å². The summed E-state index contributed by atoms with van der Waals surface area (Å²) in [6.45, 7) is 8.39. The molecule has 1 heterocycles. The maximum Gasteiger partial charge on any atom is 0.0505 e. The lowest BCUT2D eigenvalue weighted by Crippen LogP contribution is -2.46. The maximum atomic E-state index is 8.79. The molecule has 1 aliphatic rings. The lowest BCUT2D eigenvalue weighted by Gasteiger charge is -2.37. The Kier molecular flexibility index (Phi) is 10.8. The van der Waals surface area contributed by atoms with Crippen LogP contribution in [-0.2, 0) is 0 Å². The first-order valence-corrected chi connectivity index (χ1v) is 9.63. The number of thioether (sulfide) groups is 1. The molecule has 0 unspecified atom stereocenters. The molecule has 1 fully saturated rings. The molecule has 0 saturated carbocycles. The van der Waals surface area contributed by atoms with E-state index in [-0.39, 0.29) is 12.4 Å². The monoisotopic (exact) mass is 358 g/mol. The van der Waals surface area contributed by atoms with Crippen molar-refractivity contribution in [3.8, 4) is 0 Å². The summed E-state index contributed by atoms with van der Waals surface area (Å²) in [4.78, 5) is 6.55. The molecule has 0 bridgehead atoms. The van der Waals surface area contributed by atoms with Crippen LogP contribution in [0.5, 0.6) is 0 Å². The largest absolute Gasteiger partial charge is 0.396 e. The molecule has 3 nitrogen and oxygen atoms in total. The second-order valence-electron chi connectivity index (χ2n) is 5.87. The molecule has 1 N–H and O–H groups in total. The van der Waals surface area contributed by atoms with E-state index >= 15 is 0 Å². The van der Waals surface area contributed by atoms with Crippen LogP contribution >= 0.6 is 24.2 Å². The average molecular weight is 359 g/mol. The van der Waals surface area contributed by atoms with Gasteiger partial charge in [0.05, 0.1) is 5.69 Å². The highest BCUT2D eigenvalue weighted by molar-refractivity contribution is 7.99. The number of hydrogen-bond donors (Lipinski definition) is 1. The molecule has 0 spiro atoms. The molecule has 23 heavy (non-hydrogen) atoms. The second-order valence-corrected chi connectivity index (χ2v) is 7.17. The summed E-state index contributed by atoms with van der Waals surface area (Å²) in [6, 6.07) is 8.81. The van der Waals surface area contributed by atoms with E-state index in [9.17, 15) is 0 Å². The van der Waals surface area contributed by atoms with Crippen LogP contribution in [0.3, 0.4) is 0 Å². The topological polar surface area (TPSA) is 26.7 Å². The minimum atomic E-state index is 0. The van der Waals surface area contributed by atoms with Crippen molar-refractivity contribution in [1.82, 2.24) is 4.90 Å². The van der Waals surface area contributed by atoms with Gasteiger partial charge in [-0.3, -0.25) is 4.90 Å². The number of hydrogen-bond acceptors (Lipinski definition) is 4. The van der Waals surface area contributed by atoms with Crippen molar-refractivity contribution in [2.75, 3.05) is 50.0 Å². The van der Waals surface area contributed by atoms with Crippen molar-refractivity contribution in [3.63, 3.8) is 0 Å². The summed E-state index contributed by atoms with van der Waals surface area (Å²) in [6.07, 6.45) is 4.64. The number of rotatable bonds is 9. The van der Waals surface area contributed by atoms with Crippen LogP contribution in [0.2, 0.25) is 0 Å². The van der Waals surface area contributed by atoms with Crippen LogP contribution < -0.4 is 4.90 Å². The van der Waals surface area contributed by atoms with Crippen molar-refractivity contribution >= 4 is 29.9 Å². The van der Waals surface area contributed by atoms with Crippen molar-refractivity contribution in [2.45, 2.75) is 37.5 Å². The molecule has 0 radical (unpaired) electrons. The van der Waals surface area contributed by atoms with E-state index in [4.69, 9.17) is 5.11 Å². The fourth-order valence-corrected chi connectivity index (χ4v) is 3.84. The Balaban J connectivity index is 0.00000264. The predicted molar refractivity (Wildman–Crippen MR) is 104 cm³/mol. The number of halogens is 1. The van der Waals surface area contributed by atoms with E-state index < -0.39 is 0 Å². The third kappa shape index (κ3) is 6.92. The molecule has 0 amide bonds. The maximum absolute atomic E-state index is 8.79. The van der Waals surface area contributed by atoms with Gasteiger partial charge in [0.1, 0.15) is 0 Å². The molecule has 2 rings (SSSR count). The number of anilines is 1. The fraction of sp³-hybridized carbons (Fsp3) is 0.667. The third-order valence-electron chi connectivity index (χ3n) is 4.26. The number of aliphatic hydroxyl groups is 1. The first-order valence-electron chi connectivity index (χ1n) is 8.65. The molecule has 1 aromatic carbocycles. The van der Waals surface area contributed by atoms with Gasteiger partial charge in [-0.1, -0.05) is 31.9 Å². The van der Waals surface area contributed by atoms with E-state index in [1.54, 1.807) is 0 Å². The standard InChI is InChI=1S/C18H30N2OS.ClH/c1-2-22-18-10-6-5-9-17(18)20-14-12-19(13-15-20)11-7-3-4-8-16-21;/h5-6,9-10,21H,2-4,7-8,11-16H2,1H3;1H. The lowest BCUT2D eigenvalue weighted by molar-refractivity contribution is 0.247. The van der Waals surface area contributed by atoms with Gasteiger partial charge < -0.3 is 10.0 Å². The van der Waals surface area contributed by atoms with E-state index in [1.807, 2.05) is 11.8 Å². The first-order chi connectivity index (χ1) is 10.8. The molecular formula is C18H31ClN2OS. The summed E-state index contributed by atoms with van der Waals surface area (Å²) in [5.41, 5.74) is 1.41. The summed E-state index contributed by atoms with van der Waals surface area (Å²) in [5, 5.41) is 8.79. The molecule has 0 aromatic heterocycles. The number of benzene rings is 1. The van der Waals surface area contributed by atoms with Crippen LogP contribution in [0.4, 0.5) is 5.69 Å². The zero-order chi connectivity index (χ0) is 15.6. The third-order valence-corrected chi connectivity index (χ3v) is 5.21. The van der Waals surface area contributed by atoms with Gasteiger partial charge in [0.15, 0.2) is 0 Å². The molecular weight excluding hydrogens is 328 g/mol. The number of piperazine rings is 1. The van der Waals surface area contributed by atoms with Crippen LogP contribution in [0, 0.1) is 0 Å². The number of unbranched alkanes of at least 4 members (excludes halogenated alkanes) is 3. The first kappa shape index (κ1) is 20.6. The summed E-state index contributed by atoms with van der Waals surface area (Å²) < 4.78 is 0. The average Bonchev–Trinajstić information content (AvgIpc) is 2.56. The summed E-state index contributed by atoms with van der Waals surface area (Å²) >= 11 is 1.94. The molecule has 0 aliphatic carbocycles. The summed E-state index contributed by atoms with van der Waals surface area (Å²) in [5.74, 6) is 1.13. The van der Waals surface area contributed by atoms with Crippen molar-refractivity contribution in [2.24, 2.45) is 0 Å². The Morgan fingerprint density at radius 3 is 2.39 bits per heavy atom. The van der Waals surface area contributed by atoms with Gasteiger partial charge in [-0.25, -0.2) is 0 Å². The fourth-order valence-electron chi connectivity index (χ4n) is 3.01. The summed E-state index contributed by atoms with van der Waals surface area (Å²) in [7, 11) is 0. The molecule has 0 atom stereocenters. The Labute approximate surface area is 151 Å². The van der Waals surface area contributed by atoms with Crippen molar-refractivity contribution in [1.29, 1.82) is 0 Å². The minimum absolute atomic E-state index is 0. The van der Waals surface area contributed by atoms with Gasteiger partial charge in [0.2, 0.25) is 0 Å². The molecule has 1 saturated heterocycles. The number of nitrogens with zero attached hydrogens (tertiary/aromatic N) is 2. The van der Waals surface area contributed by atoms with Gasteiger partial charge >= 0.3 is 0 Å². The quantitative estimate of drug-likeness (QED) is 0.535. The number of para-hydroxylation sites is 1. The molecule has 1 aromatic rings. The van der Waals surface area contributed by atoms with E-state index in [2.05, 4.69) is 41.0 Å². The van der Waals surface area contributed by atoms with Gasteiger partial charge in [0, 0.05) is 37.7 Å². The Morgan fingerprint density at radius 2 is 1.70 bits per heavy atom. The van der Waals surface area contributed by atoms with Crippen molar-refractivity contribution < 1.29 is 5.11 Å². The van der Waals surface area contributed by atoms with E-state index in [0.29, 0.717) is 6.61 Å². The zero-order valence-electron chi connectivity index (χ0n) is 14.2. The SMILES string of the molecule is CCSc1ccccc1N1CCN(CCCCCCO)CC1.Cl. The van der Waals surface area contributed by atoms with Crippen LogP contribution in [0.15, 0.2) is 29.2 Å². The van der Waals surface area contributed by atoms with Crippen LogP contribution in [0.1, 0.15) is 32.6 Å². The van der Waals surface area contributed by atoms with Gasteiger partial charge in [-0.05, 0) is 37.3 Å². The highest BCUT2D eigenvalue weighted by Crippen LogP contribution is 2.30. The van der Waals surface area contributed by atoms with Crippen LogP contribution in [0.25, 0.3) is 0 Å². The Morgan fingerprint density at radius 1 is 1.00 bits per heavy atom. The van der Waals surface area contributed by atoms with Crippen molar-refractivity contribution in [3.05, 3.63) is 24.3 Å². The number of aliphatic hydroxyl groups excluding tert-OH is 1. The second kappa shape index (κ2) is 12.0. The smallest absolute Gasteiger partial charge is 0.0505 e. The Bertz CT molecular complexity index is 425. The van der Waals surface area contributed by atoms with E-state index in [0.717, 1.165) is 31.7 Å². The van der Waals surface area contributed by atoms with Gasteiger partial charge in [-0.15, -0.1) is 24.2 Å². The normalized spacial score (nSPS) is 15.5. The molecule has 1 aliphatic heterocycles. The molecule has 132 valence electrons. The predicted octanol–water partition coefficient (Wildman–Crippen LogP) is 3.90. The molecule has 5 heteroatoms.